The molecule has 36 heavy (non-hydrogen) atoms. The van der Waals surface area contributed by atoms with E-state index in [1.165, 1.54) is 0 Å². The fourth-order valence-electron chi connectivity index (χ4n) is 4.06. The minimum atomic E-state index is -0.411. The van der Waals surface area contributed by atoms with Crippen LogP contribution < -0.4 is 5.32 Å². The van der Waals surface area contributed by atoms with E-state index >= 15 is 0 Å². The highest BCUT2D eigenvalue weighted by Crippen LogP contribution is 2.35. The lowest BCUT2D eigenvalue weighted by Crippen LogP contribution is -2.10. The maximum absolute atomic E-state index is 12.8. The van der Waals surface area contributed by atoms with E-state index in [0.29, 0.717) is 49.1 Å². The van der Waals surface area contributed by atoms with E-state index in [9.17, 15) is 4.79 Å². The van der Waals surface area contributed by atoms with E-state index < -0.39 is 5.91 Å². The summed E-state index contributed by atoms with van der Waals surface area (Å²) in [7, 11) is 0. The van der Waals surface area contributed by atoms with Crippen LogP contribution in [-0.2, 0) is 0 Å². The largest absolute Gasteiger partial charge is 0.451 e. The van der Waals surface area contributed by atoms with Gasteiger partial charge in [-0.3, -0.25) is 4.79 Å². The van der Waals surface area contributed by atoms with Crippen molar-refractivity contribution in [3.63, 3.8) is 0 Å². The van der Waals surface area contributed by atoms with Gasteiger partial charge in [0.2, 0.25) is 5.89 Å². The second kappa shape index (κ2) is 9.03. The molecule has 2 aromatic heterocycles. The quantitative estimate of drug-likeness (QED) is 0.245. The zero-order chi connectivity index (χ0) is 24.8. The standard InChI is InChI=1S/C28H15Cl3N2O3/c29-15-7-9-22(31)20(13-15)24-11-12-26(35-24)27(34)32-16-8-10-25-23(14-16)33-28(36-25)19-5-1-4-18-17(19)3-2-6-21(18)30/h1-14H,(H,32,34). The number of halogens is 3. The van der Waals surface area contributed by atoms with E-state index in [1.54, 1.807) is 48.5 Å². The van der Waals surface area contributed by atoms with E-state index in [4.69, 9.17) is 43.6 Å². The Balaban J connectivity index is 1.28. The van der Waals surface area contributed by atoms with Crippen LogP contribution in [0.15, 0.2) is 93.8 Å². The van der Waals surface area contributed by atoms with Crippen LogP contribution >= 0.6 is 34.8 Å². The van der Waals surface area contributed by atoms with Crippen molar-refractivity contribution in [3.8, 4) is 22.8 Å². The SMILES string of the molecule is O=C(Nc1ccc2oc(-c3cccc4c(Cl)cccc34)nc2c1)c1ccc(-c2cc(Cl)ccc2Cl)o1. The van der Waals surface area contributed by atoms with Crippen molar-refractivity contribution in [2.45, 2.75) is 0 Å². The molecule has 0 radical (unpaired) electrons. The topological polar surface area (TPSA) is 68.3 Å². The van der Waals surface area contributed by atoms with Crippen LogP contribution in [0.5, 0.6) is 0 Å². The second-order valence-corrected chi connectivity index (χ2v) is 9.34. The Labute approximate surface area is 220 Å². The van der Waals surface area contributed by atoms with Crippen LogP contribution in [-0.4, -0.2) is 10.9 Å². The zero-order valence-corrected chi connectivity index (χ0v) is 20.7. The van der Waals surface area contributed by atoms with E-state index in [0.717, 1.165) is 16.3 Å². The monoisotopic (exact) mass is 532 g/mol. The Morgan fingerprint density at radius 1 is 0.750 bits per heavy atom. The number of carbonyl (C=O) groups excluding carboxylic acids is 1. The number of benzene rings is 4. The number of anilines is 1. The molecule has 0 saturated heterocycles. The lowest BCUT2D eigenvalue weighted by Gasteiger charge is -2.04. The molecule has 0 aliphatic carbocycles. The van der Waals surface area contributed by atoms with Crippen LogP contribution in [0.3, 0.4) is 0 Å². The van der Waals surface area contributed by atoms with E-state index in [1.807, 2.05) is 36.4 Å². The number of rotatable bonds is 4. The summed E-state index contributed by atoms with van der Waals surface area (Å²) in [6.07, 6.45) is 0. The predicted octanol–water partition coefficient (Wildman–Crippen LogP) is 9.12. The molecule has 1 amide bonds. The molecular weight excluding hydrogens is 519 g/mol. The molecule has 5 nitrogen and oxygen atoms in total. The molecule has 0 spiro atoms. The molecule has 0 fully saturated rings. The maximum Gasteiger partial charge on any atom is 0.291 e. The summed E-state index contributed by atoms with van der Waals surface area (Å²) in [6, 6.07) is 25.1. The van der Waals surface area contributed by atoms with Gasteiger partial charge in [-0.25, -0.2) is 4.98 Å². The van der Waals surface area contributed by atoms with Crippen LogP contribution in [0.4, 0.5) is 5.69 Å². The number of nitrogens with one attached hydrogen (secondary N) is 1. The van der Waals surface area contributed by atoms with Gasteiger partial charge in [0.25, 0.3) is 5.91 Å². The van der Waals surface area contributed by atoms with Crippen molar-refractivity contribution in [2.24, 2.45) is 0 Å². The number of carbonyl (C=O) groups is 1. The highest BCUT2D eigenvalue weighted by molar-refractivity contribution is 6.36. The molecular formula is C28H15Cl3N2O3. The van der Waals surface area contributed by atoms with Crippen molar-refractivity contribution in [3.05, 3.63) is 106 Å². The van der Waals surface area contributed by atoms with Gasteiger partial charge in [-0.15, -0.1) is 0 Å². The number of nitrogens with zero attached hydrogens (tertiary/aromatic N) is 1. The molecule has 4 aromatic carbocycles. The summed E-state index contributed by atoms with van der Waals surface area (Å²) in [6.45, 7) is 0. The number of oxazole rings is 1. The van der Waals surface area contributed by atoms with Crippen LogP contribution in [0.1, 0.15) is 10.6 Å². The molecule has 8 heteroatoms. The average Bonchev–Trinajstić information content (AvgIpc) is 3.53. The average molecular weight is 534 g/mol. The van der Waals surface area contributed by atoms with Crippen LogP contribution in [0.25, 0.3) is 44.7 Å². The molecule has 0 aliphatic rings. The van der Waals surface area contributed by atoms with Gasteiger partial charge in [0.15, 0.2) is 11.3 Å². The fourth-order valence-corrected chi connectivity index (χ4v) is 4.68. The Bertz CT molecular complexity index is 1790. The van der Waals surface area contributed by atoms with Crippen LogP contribution in [0, 0.1) is 0 Å². The first-order chi connectivity index (χ1) is 17.5. The third-order valence-corrected chi connectivity index (χ3v) is 6.66. The summed E-state index contributed by atoms with van der Waals surface area (Å²) in [4.78, 5) is 17.5. The smallest absolute Gasteiger partial charge is 0.291 e. The van der Waals surface area contributed by atoms with Crippen molar-refractivity contribution in [2.75, 3.05) is 5.32 Å². The Morgan fingerprint density at radius 3 is 2.47 bits per heavy atom. The van der Waals surface area contributed by atoms with Gasteiger partial charge in [-0.2, -0.15) is 0 Å². The van der Waals surface area contributed by atoms with E-state index in [2.05, 4.69) is 10.3 Å². The summed E-state index contributed by atoms with van der Waals surface area (Å²) >= 11 is 18.7. The molecule has 6 aromatic rings. The molecule has 0 unspecified atom stereocenters. The van der Waals surface area contributed by atoms with Gasteiger partial charge in [0.05, 0.1) is 5.02 Å². The van der Waals surface area contributed by atoms with Gasteiger partial charge in [-0.05, 0) is 66.0 Å². The molecule has 0 saturated carbocycles. The highest BCUT2D eigenvalue weighted by Gasteiger charge is 2.17. The summed E-state index contributed by atoms with van der Waals surface area (Å²) in [5.74, 6) is 0.635. The third kappa shape index (κ3) is 4.11. The Hall–Kier alpha value is -3.77. The van der Waals surface area contributed by atoms with Gasteiger partial charge in [0, 0.05) is 32.2 Å². The first-order valence-corrected chi connectivity index (χ1v) is 12.0. The van der Waals surface area contributed by atoms with Crippen molar-refractivity contribution >= 4 is 68.3 Å². The summed E-state index contributed by atoms with van der Waals surface area (Å²) in [5, 5.41) is 6.35. The molecule has 6 rings (SSSR count). The maximum atomic E-state index is 12.8. The lowest BCUT2D eigenvalue weighted by molar-refractivity contribution is 0.0997. The fraction of sp³-hybridized carbons (Fsp3) is 0. The third-order valence-electron chi connectivity index (χ3n) is 5.77. The van der Waals surface area contributed by atoms with E-state index in [-0.39, 0.29) is 5.76 Å². The number of hydrogen-bond acceptors (Lipinski definition) is 4. The number of hydrogen-bond donors (Lipinski definition) is 1. The summed E-state index contributed by atoms with van der Waals surface area (Å²) in [5.41, 5.74) is 3.19. The van der Waals surface area contributed by atoms with Gasteiger partial charge in [0.1, 0.15) is 11.3 Å². The van der Waals surface area contributed by atoms with Gasteiger partial charge in [-0.1, -0.05) is 59.1 Å². The van der Waals surface area contributed by atoms with Gasteiger partial charge < -0.3 is 14.2 Å². The Kier molecular flexibility index (Phi) is 5.69. The predicted molar refractivity (Wildman–Crippen MR) is 144 cm³/mol. The minimum Gasteiger partial charge on any atom is -0.451 e. The second-order valence-electron chi connectivity index (χ2n) is 8.08. The number of fused-ring (bicyclic) bond motifs is 2. The number of aromatic nitrogens is 1. The lowest BCUT2D eigenvalue weighted by atomic mass is 10.0. The molecule has 2 heterocycles. The number of amides is 1. The highest BCUT2D eigenvalue weighted by atomic mass is 35.5. The minimum absolute atomic E-state index is 0.134. The first kappa shape index (κ1) is 22.7. The first-order valence-electron chi connectivity index (χ1n) is 10.9. The van der Waals surface area contributed by atoms with Crippen molar-refractivity contribution < 1.29 is 13.6 Å². The summed E-state index contributed by atoms with van der Waals surface area (Å²) < 4.78 is 11.8. The Morgan fingerprint density at radius 2 is 1.58 bits per heavy atom. The van der Waals surface area contributed by atoms with Crippen LogP contribution in [0.2, 0.25) is 15.1 Å². The zero-order valence-electron chi connectivity index (χ0n) is 18.4. The molecule has 0 bridgehead atoms. The molecule has 1 N–H and O–H groups in total. The molecule has 0 atom stereocenters. The molecule has 176 valence electrons. The molecule has 0 aliphatic heterocycles. The number of furan rings is 1. The van der Waals surface area contributed by atoms with Gasteiger partial charge >= 0.3 is 0 Å². The normalized spacial score (nSPS) is 11.3. The van der Waals surface area contributed by atoms with Crippen molar-refractivity contribution in [1.29, 1.82) is 0 Å². The van der Waals surface area contributed by atoms with Crippen molar-refractivity contribution in [1.82, 2.24) is 4.98 Å².